The number of aromatic nitrogens is 3. The summed E-state index contributed by atoms with van der Waals surface area (Å²) in [7, 11) is 0. The number of benzene rings is 2. The van der Waals surface area contributed by atoms with E-state index in [-0.39, 0.29) is 5.88 Å². The van der Waals surface area contributed by atoms with Gasteiger partial charge in [0.2, 0.25) is 5.88 Å². The fourth-order valence-electron chi connectivity index (χ4n) is 2.63. The van der Waals surface area contributed by atoms with Crippen LogP contribution in [-0.2, 0) is 0 Å². The summed E-state index contributed by atoms with van der Waals surface area (Å²) in [5.41, 5.74) is 4.30. The first-order valence-electron chi connectivity index (χ1n) is 8.41. The van der Waals surface area contributed by atoms with Gasteiger partial charge in [0.15, 0.2) is 0 Å². The Morgan fingerprint density at radius 2 is 1.44 bits per heavy atom. The minimum absolute atomic E-state index is 0.147. The van der Waals surface area contributed by atoms with Crippen LogP contribution in [0.1, 0.15) is 10.4 Å². The molecule has 130 valence electrons. The molecule has 0 aliphatic rings. The lowest BCUT2D eigenvalue weighted by atomic mass is 10.0. The summed E-state index contributed by atoms with van der Waals surface area (Å²) in [6, 6.07) is 24.9. The molecule has 5 nitrogen and oxygen atoms in total. The van der Waals surface area contributed by atoms with E-state index in [1.165, 1.54) is 6.20 Å². The van der Waals surface area contributed by atoms with E-state index in [4.69, 9.17) is 4.74 Å². The third-order valence-corrected chi connectivity index (χ3v) is 4.02. The predicted molar refractivity (Wildman–Crippen MR) is 102 cm³/mol. The molecule has 2 aromatic carbocycles. The average molecular weight is 353 g/mol. The van der Waals surface area contributed by atoms with Gasteiger partial charge in [-0.3, -0.25) is 4.98 Å². The van der Waals surface area contributed by atoms with Gasteiger partial charge in [0, 0.05) is 24.0 Å². The van der Waals surface area contributed by atoms with Crippen LogP contribution in [0.2, 0.25) is 0 Å². The number of esters is 1. The molecule has 0 spiro atoms. The summed E-state index contributed by atoms with van der Waals surface area (Å²) in [6.45, 7) is 0. The highest BCUT2D eigenvalue weighted by Crippen LogP contribution is 2.24. The van der Waals surface area contributed by atoms with Crippen molar-refractivity contribution < 1.29 is 9.53 Å². The maximum atomic E-state index is 12.0. The SMILES string of the molecule is O=C(Oc1ccc(-c2ccc(-c3ccccc3)cc2)nn1)c1cccnc1. The molecule has 27 heavy (non-hydrogen) atoms. The van der Waals surface area contributed by atoms with Gasteiger partial charge in [0.25, 0.3) is 0 Å². The average Bonchev–Trinajstić information content (AvgIpc) is 2.76. The van der Waals surface area contributed by atoms with Crippen LogP contribution in [0.4, 0.5) is 0 Å². The normalized spacial score (nSPS) is 10.4. The Bertz CT molecular complexity index is 1030. The molecule has 0 aliphatic heterocycles. The molecule has 2 aromatic heterocycles. The van der Waals surface area contributed by atoms with Crippen LogP contribution >= 0.6 is 0 Å². The Morgan fingerprint density at radius 1 is 0.704 bits per heavy atom. The van der Waals surface area contributed by atoms with E-state index in [2.05, 4.69) is 27.3 Å². The highest BCUT2D eigenvalue weighted by Gasteiger charge is 2.10. The summed E-state index contributed by atoms with van der Waals surface area (Å²) in [5.74, 6) is -0.370. The zero-order valence-electron chi connectivity index (χ0n) is 14.3. The maximum Gasteiger partial charge on any atom is 0.346 e. The van der Waals surface area contributed by atoms with E-state index in [0.29, 0.717) is 11.3 Å². The first kappa shape index (κ1) is 16.6. The van der Waals surface area contributed by atoms with Crippen LogP contribution in [0, 0.1) is 0 Å². The smallest absolute Gasteiger partial charge is 0.346 e. The second kappa shape index (κ2) is 7.58. The lowest BCUT2D eigenvalue weighted by Gasteiger charge is -2.05. The number of ether oxygens (including phenoxy) is 1. The predicted octanol–water partition coefficient (Wildman–Crippen LogP) is 4.42. The van der Waals surface area contributed by atoms with E-state index < -0.39 is 5.97 Å². The van der Waals surface area contributed by atoms with Crippen molar-refractivity contribution in [2.75, 3.05) is 0 Å². The van der Waals surface area contributed by atoms with Crippen LogP contribution in [-0.4, -0.2) is 21.2 Å². The van der Waals surface area contributed by atoms with Gasteiger partial charge in [-0.25, -0.2) is 4.79 Å². The highest BCUT2D eigenvalue weighted by molar-refractivity contribution is 5.90. The fraction of sp³-hybridized carbons (Fsp3) is 0. The Labute approximate surface area is 156 Å². The number of hydrogen-bond donors (Lipinski definition) is 0. The zero-order valence-corrected chi connectivity index (χ0v) is 14.3. The second-order valence-corrected chi connectivity index (χ2v) is 5.83. The molecule has 4 rings (SSSR count). The van der Waals surface area contributed by atoms with Gasteiger partial charge in [-0.15, -0.1) is 10.2 Å². The third kappa shape index (κ3) is 3.88. The molecule has 0 amide bonds. The van der Waals surface area contributed by atoms with Crippen LogP contribution in [0.25, 0.3) is 22.4 Å². The third-order valence-electron chi connectivity index (χ3n) is 4.02. The maximum absolute atomic E-state index is 12.0. The minimum Gasteiger partial charge on any atom is -0.402 e. The molecule has 0 bridgehead atoms. The lowest BCUT2D eigenvalue weighted by molar-refractivity contribution is 0.0725. The van der Waals surface area contributed by atoms with Crippen molar-refractivity contribution >= 4 is 5.97 Å². The van der Waals surface area contributed by atoms with E-state index in [1.807, 2.05) is 42.5 Å². The Balaban J connectivity index is 1.48. The van der Waals surface area contributed by atoms with Gasteiger partial charge in [-0.05, 0) is 29.3 Å². The summed E-state index contributed by atoms with van der Waals surface area (Å²) < 4.78 is 5.22. The molecule has 0 fully saturated rings. The lowest BCUT2D eigenvalue weighted by Crippen LogP contribution is -2.10. The van der Waals surface area contributed by atoms with Crippen molar-refractivity contribution in [2.24, 2.45) is 0 Å². The topological polar surface area (TPSA) is 65.0 Å². The standard InChI is InChI=1S/C22H15N3O2/c26-22(19-7-4-14-23-15-19)27-21-13-12-20(24-25-21)18-10-8-17(9-11-18)16-5-2-1-3-6-16/h1-15H. The van der Waals surface area contributed by atoms with E-state index in [9.17, 15) is 4.79 Å². The molecule has 5 heteroatoms. The fourth-order valence-corrected chi connectivity index (χ4v) is 2.63. The van der Waals surface area contributed by atoms with Crippen LogP contribution in [0.3, 0.4) is 0 Å². The van der Waals surface area contributed by atoms with Crippen molar-refractivity contribution in [1.29, 1.82) is 0 Å². The molecular formula is C22H15N3O2. The summed E-state index contributed by atoms with van der Waals surface area (Å²) in [5, 5.41) is 8.14. The first-order valence-corrected chi connectivity index (χ1v) is 8.41. The molecule has 0 saturated heterocycles. The molecule has 0 radical (unpaired) electrons. The van der Waals surface area contributed by atoms with Crippen molar-refractivity contribution in [1.82, 2.24) is 15.2 Å². The number of carbonyl (C=O) groups is 1. The van der Waals surface area contributed by atoms with Gasteiger partial charge >= 0.3 is 5.97 Å². The molecule has 2 heterocycles. The number of pyridine rings is 1. The number of hydrogen-bond acceptors (Lipinski definition) is 5. The number of carbonyl (C=O) groups excluding carboxylic acids is 1. The summed E-state index contributed by atoms with van der Waals surface area (Å²) >= 11 is 0. The van der Waals surface area contributed by atoms with Gasteiger partial charge < -0.3 is 4.74 Å². The Morgan fingerprint density at radius 3 is 2.11 bits per heavy atom. The Kier molecular flexibility index (Phi) is 4.66. The van der Waals surface area contributed by atoms with Gasteiger partial charge in [0.05, 0.1) is 11.3 Å². The van der Waals surface area contributed by atoms with Crippen molar-refractivity contribution in [3.8, 4) is 28.3 Å². The quantitative estimate of drug-likeness (QED) is 0.508. The van der Waals surface area contributed by atoms with Crippen LogP contribution in [0.5, 0.6) is 5.88 Å². The van der Waals surface area contributed by atoms with Gasteiger partial charge in [0.1, 0.15) is 0 Å². The summed E-state index contributed by atoms with van der Waals surface area (Å²) in [6.07, 6.45) is 3.03. The molecule has 0 unspecified atom stereocenters. The van der Waals surface area contributed by atoms with Gasteiger partial charge in [-0.2, -0.15) is 0 Å². The van der Waals surface area contributed by atoms with Crippen molar-refractivity contribution in [3.05, 3.63) is 96.8 Å². The van der Waals surface area contributed by atoms with Crippen molar-refractivity contribution in [2.45, 2.75) is 0 Å². The number of nitrogens with zero attached hydrogens (tertiary/aromatic N) is 3. The van der Waals surface area contributed by atoms with Gasteiger partial charge in [-0.1, -0.05) is 54.6 Å². The van der Waals surface area contributed by atoms with Crippen LogP contribution < -0.4 is 4.74 Å². The summed E-state index contributed by atoms with van der Waals surface area (Å²) in [4.78, 5) is 15.9. The Hall–Kier alpha value is -3.86. The molecule has 0 N–H and O–H groups in total. The monoisotopic (exact) mass is 353 g/mol. The number of rotatable bonds is 4. The largest absolute Gasteiger partial charge is 0.402 e. The first-order chi connectivity index (χ1) is 13.3. The molecular weight excluding hydrogens is 338 g/mol. The molecule has 0 aliphatic carbocycles. The highest BCUT2D eigenvalue weighted by atomic mass is 16.5. The minimum atomic E-state index is -0.516. The molecule has 4 aromatic rings. The van der Waals surface area contributed by atoms with E-state index >= 15 is 0 Å². The van der Waals surface area contributed by atoms with E-state index in [0.717, 1.165) is 16.7 Å². The van der Waals surface area contributed by atoms with Crippen molar-refractivity contribution in [3.63, 3.8) is 0 Å². The second-order valence-electron chi connectivity index (χ2n) is 5.83. The van der Waals surface area contributed by atoms with Crippen LogP contribution in [0.15, 0.2) is 91.3 Å². The molecule has 0 atom stereocenters. The zero-order chi connectivity index (χ0) is 18.5. The van der Waals surface area contributed by atoms with E-state index in [1.54, 1.807) is 30.5 Å². The molecule has 0 saturated carbocycles.